The maximum Gasteiger partial charge on any atom is 0.246 e. The van der Waals surface area contributed by atoms with Crippen molar-refractivity contribution in [2.24, 2.45) is 0 Å². The Balaban J connectivity index is 1.54. The van der Waals surface area contributed by atoms with Crippen LogP contribution >= 0.6 is 0 Å². The second kappa shape index (κ2) is 11.2. The summed E-state index contributed by atoms with van der Waals surface area (Å²) in [4.78, 5) is 16.5. The van der Waals surface area contributed by atoms with E-state index < -0.39 is 0 Å². The number of hydrogen-bond donors (Lipinski definition) is 1. The molecule has 6 heteroatoms. The van der Waals surface area contributed by atoms with Crippen LogP contribution in [0.2, 0.25) is 0 Å². The average molecular weight is 422 g/mol. The largest absolute Gasteiger partial charge is 0.493 e. The molecule has 0 saturated carbocycles. The van der Waals surface area contributed by atoms with Gasteiger partial charge >= 0.3 is 0 Å². The van der Waals surface area contributed by atoms with Gasteiger partial charge in [0.05, 0.1) is 24.8 Å². The van der Waals surface area contributed by atoms with Gasteiger partial charge in [-0.1, -0.05) is 30.8 Å². The molecule has 0 aliphatic carbocycles. The molecule has 2 aromatic carbocycles. The van der Waals surface area contributed by atoms with Gasteiger partial charge in [0.1, 0.15) is 5.82 Å². The molecule has 0 atom stereocenters. The highest BCUT2D eigenvalue weighted by Crippen LogP contribution is 2.26. The maximum absolute atomic E-state index is 11.7. The molecular formula is C25H31N3O3. The summed E-state index contributed by atoms with van der Waals surface area (Å²) >= 11 is 0. The van der Waals surface area contributed by atoms with Crippen molar-refractivity contribution in [2.75, 3.05) is 20.3 Å². The summed E-state index contributed by atoms with van der Waals surface area (Å²) in [6.45, 7) is 7.51. The molecule has 1 heterocycles. The summed E-state index contributed by atoms with van der Waals surface area (Å²) in [5.74, 6) is 2.49. The fourth-order valence-corrected chi connectivity index (χ4v) is 3.46. The molecule has 0 aliphatic rings. The third kappa shape index (κ3) is 6.10. The lowest BCUT2D eigenvalue weighted by Gasteiger charge is -2.12. The quantitative estimate of drug-likeness (QED) is 0.345. The van der Waals surface area contributed by atoms with Crippen LogP contribution in [0.3, 0.4) is 0 Å². The third-order valence-electron chi connectivity index (χ3n) is 5.09. The fourth-order valence-electron chi connectivity index (χ4n) is 3.46. The van der Waals surface area contributed by atoms with Crippen molar-refractivity contribution in [1.29, 1.82) is 0 Å². The highest BCUT2D eigenvalue weighted by atomic mass is 16.5. The van der Waals surface area contributed by atoms with Crippen molar-refractivity contribution in [3.63, 3.8) is 0 Å². The van der Waals surface area contributed by atoms with Crippen LogP contribution < -0.4 is 14.8 Å². The molecule has 0 aliphatic heterocycles. The molecule has 6 nitrogen and oxygen atoms in total. The number of fused-ring (bicyclic) bond motifs is 1. The smallest absolute Gasteiger partial charge is 0.246 e. The molecule has 0 saturated heterocycles. The molecule has 0 unspecified atom stereocenters. The number of imidazole rings is 1. The van der Waals surface area contributed by atoms with Crippen molar-refractivity contribution in [2.45, 2.75) is 39.2 Å². The third-order valence-corrected chi connectivity index (χ3v) is 5.09. The number of nitrogens with one attached hydrogen (secondary N) is 1. The number of hydrogen-bond acceptors (Lipinski definition) is 4. The Bertz CT molecular complexity index is 1030. The van der Waals surface area contributed by atoms with Gasteiger partial charge in [-0.3, -0.25) is 4.79 Å². The molecule has 0 fully saturated rings. The number of para-hydroxylation sites is 4. The van der Waals surface area contributed by atoms with Crippen LogP contribution in [0.1, 0.15) is 32.0 Å². The zero-order valence-electron chi connectivity index (χ0n) is 18.4. The van der Waals surface area contributed by atoms with Gasteiger partial charge in [0.15, 0.2) is 11.5 Å². The minimum absolute atomic E-state index is 0.0939. The molecule has 3 aromatic rings. The van der Waals surface area contributed by atoms with E-state index in [4.69, 9.17) is 14.5 Å². The normalized spacial score (nSPS) is 10.8. The number of rotatable bonds is 12. The monoisotopic (exact) mass is 421 g/mol. The number of unbranched alkanes of at least 4 members (excludes halogenated alkanes) is 1. The minimum Gasteiger partial charge on any atom is -0.493 e. The number of aryl methyl sites for hydroxylation is 2. The highest BCUT2D eigenvalue weighted by molar-refractivity contribution is 5.92. The van der Waals surface area contributed by atoms with E-state index in [0.717, 1.165) is 60.6 Å². The van der Waals surface area contributed by atoms with Crippen LogP contribution in [0, 0.1) is 0 Å². The van der Waals surface area contributed by atoms with Crippen molar-refractivity contribution in [3.8, 4) is 11.5 Å². The van der Waals surface area contributed by atoms with Gasteiger partial charge in [-0.2, -0.15) is 0 Å². The summed E-state index contributed by atoms with van der Waals surface area (Å²) in [5, 5.41) is 2.89. The van der Waals surface area contributed by atoms with Crippen LogP contribution in [0.15, 0.2) is 60.7 Å². The lowest BCUT2D eigenvalue weighted by Crippen LogP contribution is -2.25. The predicted molar refractivity (Wildman–Crippen MR) is 124 cm³/mol. The van der Waals surface area contributed by atoms with E-state index in [1.165, 1.54) is 0 Å². The predicted octanol–water partition coefficient (Wildman–Crippen LogP) is 4.53. The summed E-state index contributed by atoms with van der Waals surface area (Å²) in [6, 6.07) is 15.9. The van der Waals surface area contributed by atoms with Crippen LogP contribution in [0.5, 0.6) is 11.5 Å². The van der Waals surface area contributed by atoms with Gasteiger partial charge in [-0.15, -0.1) is 0 Å². The summed E-state index contributed by atoms with van der Waals surface area (Å²) < 4.78 is 13.5. The van der Waals surface area contributed by atoms with Gasteiger partial charge in [0.25, 0.3) is 0 Å². The molecule has 0 bridgehead atoms. The zero-order chi connectivity index (χ0) is 22.1. The Hall–Kier alpha value is -3.28. The molecule has 1 amide bonds. The van der Waals surface area contributed by atoms with Crippen molar-refractivity contribution >= 4 is 16.9 Å². The Labute approximate surface area is 183 Å². The van der Waals surface area contributed by atoms with Crippen molar-refractivity contribution in [3.05, 3.63) is 66.5 Å². The van der Waals surface area contributed by atoms with E-state index in [-0.39, 0.29) is 5.91 Å². The summed E-state index contributed by atoms with van der Waals surface area (Å²) in [7, 11) is 1.65. The SMILES string of the molecule is C=C(C)C(=O)NCCCc1nc2ccccc2n1CCCCOc1ccccc1OC. The van der Waals surface area contributed by atoms with E-state index in [0.29, 0.717) is 18.7 Å². The zero-order valence-corrected chi connectivity index (χ0v) is 18.4. The molecular weight excluding hydrogens is 390 g/mol. The highest BCUT2D eigenvalue weighted by Gasteiger charge is 2.11. The minimum atomic E-state index is -0.0939. The van der Waals surface area contributed by atoms with Crippen LogP contribution in [0.4, 0.5) is 0 Å². The molecule has 1 N–H and O–H groups in total. The Kier molecular flexibility index (Phi) is 8.10. The lowest BCUT2D eigenvalue weighted by atomic mass is 10.2. The van der Waals surface area contributed by atoms with Gasteiger partial charge in [-0.25, -0.2) is 4.98 Å². The van der Waals surface area contributed by atoms with Gasteiger partial charge in [-0.05, 0) is 50.5 Å². The molecule has 0 radical (unpaired) electrons. The first-order valence-corrected chi connectivity index (χ1v) is 10.7. The number of ether oxygens (including phenoxy) is 2. The second-order valence-electron chi connectivity index (χ2n) is 7.51. The Morgan fingerprint density at radius 3 is 2.58 bits per heavy atom. The van der Waals surface area contributed by atoms with E-state index in [1.54, 1.807) is 14.0 Å². The average Bonchev–Trinajstić information content (AvgIpc) is 3.14. The number of methoxy groups -OCH3 is 1. The standard InChI is InChI=1S/C25H31N3O3/c1-19(2)25(29)26-16-10-15-24-27-20-11-4-5-12-21(20)28(24)17-8-9-18-31-23-14-7-6-13-22(23)30-3/h4-7,11-14H,1,8-10,15-18H2,2-3H3,(H,26,29). The second-order valence-corrected chi connectivity index (χ2v) is 7.51. The molecule has 1 aromatic heterocycles. The number of benzene rings is 2. The van der Waals surface area contributed by atoms with E-state index in [2.05, 4.69) is 22.5 Å². The first-order chi connectivity index (χ1) is 15.1. The first-order valence-electron chi connectivity index (χ1n) is 10.7. The number of nitrogens with zero attached hydrogens (tertiary/aromatic N) is 2. The Morgan fingerprint density at radius 2 is 1.81 bits per heavy atom. The number of carbonyl (C=O) groups is 1. The first kappa shape index (κ1) is 22.4. The van der Waals surface area contributed by atoms with Crippen LogP contribution in [-0.2, 0) is 17.8 Å². The van der Waals surface area contributed by atoms with Crippen molar-refractivity contribution in [1.82, 2.24) is 14.9 Å². The summed E-state index contributed by atoms with van der Waals surface area (Å²) in [6.07, 6.45) is 3.55. The van der Waals surface area contributed by atoms with Crippen LogP contribution in [-0.4, -0.2) is 35.7 Å². The maximum atomic E-state index is 11.7. The topological polar surface area (TPSA) is 65.4 Å². The van der Waals surface area contributed by atoms with Crippen LogP contribution in [0.25, 0.3) is 11.0 Å². The number of amides is 1. The van der Waals surface area contributed by atoms with Crippen molar-refractivity contribution < 1.29 is 14.3 Å². The number of aromatic nitrogens is 2. The van der Waals surface area contributed by atoms with Gasteiger partial charge < -0.3 is 19.4 Å². The van der Waals surface area contributed by atoms with Gasteiger partial charge in [0.2, 0.25) is 5.91 Å². The molecule has 31 heavy (non-hydrogen) atoms. The molecule has 164 valence electrons. The van der Waals surface area contributed by atoms with Gasteiger partial charge in [0, 0.05) is 25.1 Å². The Morgan fingerprint density at radius 1 is 1.06 bits per heavy atom. The lowest BCUT2D eigenvalue weighted by molar-refractivity contribution is -0.117. The fraction of sp³-hybridized carbons (Fsp3) is 0.360. The van der Waals surface area contributed by atoms with E-state index in [1.807, 2.05) is 42.5 Å². The summed E-state index contributed by atoms with van der Waals surface area (Å²) in [5.41, 5.74) is 2.69. The van der Waals surface area contributed by atoms with E-state index >= 15 is 0 Å². The van der Waals surface area contributed by atoms with E-state index in [9.17, 15) is 4.79 Å². The number of carbonyl (C=O) groups excluding carboxylic acids is 1. The molecule has 3 rings (SSSR count). The molecule has 0 spiro atoms.